The van der Waals surface area contributed by atoms with Crippen LogP contribution in [0.15, 0.2) is 0 Å². The maximum atomic E-state index is 10.6. The molecule has 0 aromatic heterocycles. The first-order valence-corrected chi connectivity index (χ1v) is 4.17. The fourth-order valence-electron chi connectivity index (χ4n) is 1.44. The van der Waals surface area contributed by atoms with Crippen molar-refractivity contribution in [2.24, 2.45) is 11.5 Å². The second kappa shape index (κ2) is 4.39. The molecule has 1 fully saturated rings. The lowest BCUT2D eigenvalue weighted by Gasteiger charge is -2.34. The number of hydrogen-bond donors (Lipinski definition) is 3. The lowest BCUT2D eigenvalue weighted by atomic mass is 10.2. The number of hydrogen-bond acceptors (Lipinski definition) is 4. The van der Waals surface area contributed by atoms with Gasteiger partial charge in [0.2, 0.25) is 5.91 Å². The van der Waals surface area contributed by atoms with Crippen LogP contribution in [0.4, 0.5) is 0 Å². The average Bonchev–Trinajstić information content (AvgIpc) is 2.04. The second-order valence-corrected chi connectivity index (χ2v) is 3.03. The van der Waals surface area contributed by atoms with Crippen molar-refractivity contribution in [1.29, 1.82) is 0 Å². The molecule has 1 aliphatic heterocycles. The van der Waals surface area contributed by atoms with Crippen molar-refractivity contribution < 1.29 is 4.79 Å². The van der Waals surface area contributed by atoms with Crippen LogP contribution in [0, 0.1) is 0 Å². The Hall–Kier alpha value is -0.650. The largest absolute Gasteiger partial charge is 0.369 e. The Bertz CT molecular complexity index is 161. The Labute approximate surface area is 72.1 Å². The molecule has 1 heterocycles. The molecule has 1 atom stereocenters. The van der Waals surface area contributed by atoms with Crippen molar-refractivity contribution in [3.8, 4) is 0 Å². The van der Waals surface area contributed by atoms with Gasteiger partial charge in [0, 0.05) is 32.2 Å². The zero-order valence-corrected chi connectivity index (χ0v) is 7.12. The maximum absolute atomic E-state index is 10.6. The van der Waals surface area contributed by atoms with Crippen molar-refractivity contribution >= 4 is 5.91 Å². The van der Waals surface area contributed by atoms with Crippen LogP contribution in [0.2, 0.25) is 0 Å². The molecule has 0 saturated carbocycles. The third-order valence-corrected chi connectivity index (χ3v) is 2.10. The molecule has 5 nitrogen and oxygen atoms in total. The van der Waals surface area contributed by atoms with Gasteiger partial charge in [0.05, 0.1) is 6.54 Å². The minimum atomic E-state index is -0.282. The van der Waals surface area contributed by atoms with Gasteiger partial charge in [-0.3, -0.25) is 9.69 Å². The van der Waals surface area contributed by atoms with Gasteiger partial charge in [0.1, 0.15) is 0 Å². The van der Waals surface area contributed by atoms with Gasteiger partial charge < -0.3 is 16.8 Å². The molecule has 1 unspecified atom stereocenters. The van der Waals surface area contributed by atoms with Crippen LogP contribution in [0.5, 0.6) is 0 Å². The van der Waals surface area contributed by atoms with Crippen molar-refractivity contribution in [1.82, 2.24) is 10.2 Å². The van der Waals surface area contributed by atoms with Gasteiger partial charge in [0.15, 0.2) is 0 Å². The predicted octanol–water partition coefficient (Wildman–Crippen LogP) is -2.30. The maximum Gasteiger partial charge on any atom is 0.231 e. The standard InChI is InChI=1S/C7H16N4O/c8-3-6-4-10-1-2-11(6)5-7(9)12/h6,10H,1-5,8H2,(H2,9,12). The van der Waals surface area contributed by atoms with E-state index in [9.17, 15) is 4.79 Å². The predicted molar refractivity (Wildman–Crippen MR) is 46.5 cm³/mol. The molecule has 0 radical (unpaired) electrons. The molecule has 1 rings (SSSR count). The molecule has 1 aliphatic rings. The number of primary amides is 1. The van der Waals surface area contributed by atoms with Crippen LogP contribution in [0.25, 0.3) is 0 Å². The Balaban J connectivity index is 2.41. The van der Waals surface area contributed by atoms with Crippen molar-refractivity contribution in [3.63, 3.8) is 0 Å². The lowest BCUT2D eigenvalue weighted by molar-refractivity contribution is -0.119. The van der Waals surface area contributed by atoms with Crippen LogP contribution in [0.3, 0.4) is 0 Å². The number of rotatable bonds is 3. The molecule has 5 heteroatoms. The fourth-order valence-corrected chi connectivity index (χ4v) is 1.44. The first kappa shape index (κ1) is 9.44. The van der Waals surface area contributed by atoms with Crippen molar-refractivity contribution in [2.75, 3.05) is 32.7 Å². The van der Waals surface area contributed by atoms with Crippen LogP contribution in [0.1, 0.15) is 0 Å². The van der Waals surface area contributed by atoms with E-state index < -0.39 is 0 Å². The summed E-state index contributed by atoms with van der Waals surface area (Å²) in [7, 11) is 0. The summed E-state index contributed by atoms with van der Waals surface area (Å²) in [5.74, 6) is -0.282. The van der Waals surface area contributed by atoms with E-state index in [2.05, 4.69) is 5.32 Å². The molecular weight excluding hydrogens is 156 g/mol. The van der Waals surface area contributed by atoms with Gasteiger partial charge in [-0.15, -0.1) is 0 Å². The number of nitrogens with two attached hydrogens (primary N) is 2. The van der Waals surface area contributed by atoms with Gasteiger partial charge in [-0.25, -0.2) is 0 Å². The van der Waals surface area contributed by atoms with E-state index in [0.29, 0.717) is 13.1 Å². The minimum Gasteiger partial charge on any atom is -0.369 e. The topological polar surface area (TPSA) is 84.4 Å². The normalized spacial score (nSPS) is 25.6. The first-order chi connectivity index (χ1) is 5.74. The summed E-state index contributed by atoms with van der Waals surface area (Å²) in [5.41, 5.74) is 10.6. The zero-order chi connectivity index (χ0) is 8.97. The van der Waals surface area contributed by atoms with Crippen molar-refractivity contribution in [2.45, 2.75) is 6.04 Å². The van der Waals surface area contributed by atoms with E-state index in [1.54, 1.807) is 0 Å². The summed E-state index contributed by atoms with van der Waals surface area (Å²) in [4.78, 5) is 12.7. The Morgan fingerprint density at radius 1 is 1.67 bits per heavy atom. The third-order valence-electron chi connectivity index (χ3n) is 2.10. The molecule has 1 saturated heterocycles. The fraction of sp³-hybridized carbons (Fsp3) is 0.857. The molecule has 1 amide bonds. The summed E-state index contributed by atoms with van der Waals surface area (Å²) < 4.78 is 0. The van der Waals surface area contributed by atoms with Crippen LogP contribution in [-0.4, -0.2) is 49.6 Å². The van der Waals surface area contributed by atoms with Crippen LogP contribution in [-0.2, 0) is 4.79 Å². The molecule has 0 bridgehead atoms. The highest BCUT2D eigenvalue weighted by Gasteiger charge is 2.21. The van der Waals surface area contributed by atoms with Gasteiger partial charge in [-0.05, 0) is 0 Å². The molecule has 0 aliphatic carbocycles. The van der Waals surface area contributed by atoms with E-state index in [-0.39, 0.29) is 11.9 Å². The number of amides is 1. The number of nitrogens with zero attached hydrogens (tertiary/aromatic N) is 1. The minimum absolute atomic E-state index is 0.256. The van der Waals surface area contributed by atoms with Gasteiger partial charge in [-0.1, -0.05) is 0 Å². The first-order valence-electron chi connectivity index (χ1n) is 4.17. The molecule has 0 aromatic rings. The van der Waals surface area contributed by atoms with Crippen LogP contribution >= 0.6 is 0 Å². The number of piperazine rings is 1. The van der Waals surface area contributed by atoms with E-state index in [4.69, 9.17) is 11.5 Å². The van der Waals surface area contributed by atoms with E-state index >= 15 is 0 Å². The SMILES string of the molecule is NCC1CNCCN1CC(N)=O. The van der Waals surface area contributed by atoms with E-state index in [1.807, 2.05) is 4.90 Å². The Morgan fingerprint density at radius 2 is 2.42 bits per heavy atom. The molecule has 5 N–H and O–H groups in total. The van der Waals surface area contributed by atoms with Gasteiger partial charge >= 0.3 is 0 Å². The number of carbonyl (C=O) groups is 1. The molecule has 0 spiro atoms. The number of nitrogens with one attached hydrogen (secondary N) is 1. The van der Waals surface area contributed by atoms with Crippen LogP contribution < -0.4 is 16.8 Å². The van der Waals surface area contributed by atoms with Crippen molar-refractivity contribution in [3.05, 3.63) is 0 Å². The van der Waals surface area contributed by atoms with Gasteiger partial charge in [-0.2, -0.15) is 0 Å². The lowest BCUT2D eigenvalue weighted by Crippen LogP contribution is -2.56. The summed E-state index contributed by atoms with van der Waals surface area (Å²) in [6.45, 7) is 3.50. The smallest absolute Gasteiger partial charge is 0.231 e. The van der Waals surface area contributed by atoms with Gasteiger partial charge in [0.25, 0.3) is 0 Å². The number of carbonyl (C=O) groups excluding carboxylic acids is 1. The highest BCUT2D eigenvalue weighted by molar-refractivity contribution is 5.76. The Kier molecular flexibility index (Phi) is 3.46. The third kappa shape index (κ3) is 2.44. The molecule has 12 heavy (non-hydrogen) atoms. The summed E-state index contributed by atoms with van der Waals surface area (Å²) in [5, 5.41) is 3.22. The monoisotopic (exact) mass is 172 g/mol. The summed E-state index contributed by atoms with van der Waals surface area (Å²) in [6.07, 6.45) is 0. The summed E-state index contributed by atoms with van der Waals surface area (Å²) >= 11 is 0. The quantitative estimate of drug-likeness (QED) is 0.447. The average molecular weight is 172 g/mol. The zero-order valence-electron chi connectivity index (χ0n) is 7.12. The van der Waals surface area contributed by atoms with E-state index in [0.717, 1.165) is 19.6 Å². The Morgan fingerprint density at radius 3 is 3.00 bits per heavy atom. The highest BCUT2D eigenvalue weighted by atomic mass is 16.1. The highest BCUT2D eigenvalue weighted by Crippen LogP contribution is 2.00. The van der Waals surface area contributed by atoms with E-state index in [1.165, 1.54) is 0 Å². The summed E-state index contributed by atoms with van der Waals surface area (Å²) in [6, 6.07) is 0.256. The second-order valence-electron chi connectivity index (χ2n) is 3.03. The molecule has 0 aromatic carbocycles. The molecule has 70 valence electrons. The molecular formula is C7H16N4O.